The molecule has 0 unspecified atom stereocenters. The van der Waals surface area contributed by atoms with Gasteiger partial charge in [0, 0.05) is 17.9 Å². The summed E-state index contributed by atoms with van der Waals surface area (Å²) in [5.41, 5.74) is 2.77. The number of halogens is 1. The maximum atomic E-state index is 13.7. The first-order chi connectivity index (χ1) is 13.2. The predicted molar refractivity (Wildman–Crippen MR) is 106 cm³/mol. The summed E-state index contributed by atoms with van der Waals surface area (Å²) in [4.78, 5) is 12.1. The van der Waals surface area contributed by atoms with Crippen molar-refractivity contribution in [1.82, 2.24) is 0 Å². The molecule has 4 nitrogen and oxygen atoms in total. The van der Waals surface area contributed by atoms with Gasteiger partial charge in [0.1, 0.15) is 11.6 Å². The Balaban J connectivity index is 1.52. The topological polar surface area (TPSA) is 50.4 Å². The number of rotatable bonds is 7. The number of ether oxygens (including phenoxy) is 1. The maximum absolute atomic E-state index is 13.7. The first kappa shape index (κ1) is 18.5. The van der Waals surface area contributed by atoms with Crippen LogP contribution >= 0.6 is 0 Å². The SMILES string of the molecule is COc1cccc(CCNc2ccc(NC(=O)c3ccccc3F)cc2)c1. The molecular weight excluding hydrogens is 343 g/mol. The highest BCUT2D eigenvalue weighted by Crippen LogP contribution is 2.17. The largest absolute Gasteiger partial charge is 0.497 e. The number of benzene rings is 3. The molecule has 0 spiro atoms. The molecule has 0 radical (unpaired) electrons. The fraction of sp³-hybridized carbons (Fsp3) is 0.136. The molecule has 0 aliphatic carbocycles. The molecular formula is C22H21FN2O2. The molecule has 0 saturated heterocycles. The van der Waals surface area contributed by atoms with E-state index in [-0.39, 0.29) is 5.56 Å². The summed E-state index contributed by atoms with van der Waals surface area (Å²) in [7, 11) is 1.66. The molecule has 3 aromatic carbocycles. The number of nitrogens with one attached hydrogen (secondary N) is 2. The first-order valence-electron chi connectivity index (χ1n) is 8.68. The highest BCUT2D eigenvalue weighted by Gasteiger charge is 2.10. The van der Waals surface area contributed by atoms with Crippen LogP contribution < -0.4 is 15.4 Å². The number of hydrogen-bond acceptors (Lipinski definition) is 3. The van der Waals surface area contributed by atoms with Crippen molar-refractivity contribution in [3.05, 3.63) is 89.7 Å². The van der Waals surface area contributed by atoms with Crippen molar-refractivity contribution in [2.24, 2.45) is 0 Å². The average Bonchev–Trinajstić information content (AvgIpc) is 2.70. The van der Waals surface area contributed by atoms with Crippen LogP contribution in [0.5, 0.6) is 5.75 Å². The van der Waals surface area contributed by atoms with E-state index < -0.39 is 11.7 Å². The van der Waals surface area contributed by atoms with Crippen molar-refractivity contribution in [1.29, 1.82) is 0 Å². The Labute approximate surface area is 158 Å². The van der Waals surface area contributed by atoms with Crippen LogP contribution in [-0.2, 0) is 6.42 Å². The van der Waals surface area contributed by atoms with Gasteiger partial charge < -0.3 is 15.4 Å². The summed E-state index contributed by atoms with van der Waals surface area (Å²) in [5, 5.41) is 6.04. The molecule has 0 atom stereocenters. The molecule has 0 fully saturated rings. The predicted octanol–water partition coefficient (Wildman–Crippen LogP) is 4.74. The molecule has 27 heavy (non-hydrogen) atoms. The second kappa shape index (κ2) is 8.85. The van der Waals surface area contributed by atoms with Crippen molar-refractivity contribution in [3.63, 3.8) is 0 Å². The molecule has 138 valence electrons. The van der Waals surface area contributed by atoms with Gasteiger partial charge in [-0.3, -0.25) is 4.79 Å². The number of hydrogen-bond donors (Lipinski definition) is 2. The van der Waals surface area contributed by atoms with Gasteiger partial charge in [0.15, 0.2) is 0 Å². The van der Waals surface area contributed by atoms with Crippen molar-refractivity contribution in [2.75, 3.05) is 24.3 Å². The Morgan fingerprint density at radius 1 is 0.963 bits per heavy atom. The summed E-state index contributed by atoms with van der Waals surface area (Å²) in [6.45, 7) is 0.772. The van der Waals surface area contributed by atoms with E-state index in [0.717, 1.165) is 24.4 Å². The Kier molecular flexibility index (Phi) is 6.05. The highest BCUT2D eigenvalue weighted by atomic mass is 19.1. The summed E-state index contributed by atoms with van der Waals surface area (Å²) in [6.07, 6.45) is 0.864. The fourth-order valence-electron chi connectivity index (χ4n) is 2.69. The van der Waals surface area contributed by atoms with E-state index in [2.05, 4.69) is 16.7 Å². The van der Waals surface area contributed by atoms with Crippen LogP contribution in [0, 0.1) is 5.82 Å². The van der Waals surface area contributed by atoms with Crippen LogP contribution in [-0.4, -0.2) is 19.6 Å². The molecule has 0 aromatic heterocycles. The van der Waals surface area contributed by atoms with E-state index in [1.54, 1.807) is 31.4 Å². The van der Waals surface area contributed by atoms with Crippen LogP contribution in [0.4, 0.5) is 15.8 Å². The first-order valence-corrected chi connectivity index (χ1v) is 8.68. The lowest BCUT2D eigenvalue weighted by molar-refractivity contribution is 0.102. The number of methoxy groups -OCH3 is 1. The number of carbonyl (C=O) groups is 1. The van der Waals surface area contributed by atoms with Crippen molar-refractivity contribution in [3.8, 4) is 5.75 Å². The van der Waals surface area contributed by atoms with Gasteiger partial charge in [0.2, 0.25) is 0 Å². The number of carbonyl (C=O) groups excluding carboxylic acids is 1. The molecule has 3 aromatic rings. The molecule has 0 aliphatic rings. The van der Waals surface area contributed by atoms with E-state index in [1.807, 2.05) is 30.3 Å². The van der Waals surface area contributed by atoms with Crippen LogP contribution in [0.3, 0.4) is 0 Å². The molecule has 0 aliphatic heterocycles. The third kappa shape index (κ3) is 5.07. The summed E-state index contributed by atoms with van der Waals surface area (Å²) in [6, 6.07) is 21.2. The minimum atomic E-state index is -0.536. The molecule has 5 heteroatoms. The van der Waals surface area contributed by atoms with Crippen LogP contribution in [0.15, 0.2) is 72.8 Å². The summed E-state index contributed by atoms with van der Waals surface area (Å²) < 4.78 is 18.9. The molecule has 0 bridgehead atoms. The number of anilines is 2. The zero-order chi connectivity index (χ0) is 19.1. The third-order valence-electron chi connectivity index (χ3n) is 4.14. The lowest BCUT2D eigenvalue weighted by Crippen LogP contribution is -2.13. The quantitative estimate of drug-likeness (QED) is 0.637. The Morgan fingerprint density at radius 3 is 2.44 bits per heavy atom. The zero-order valence-corrected chi connectivity index (χ0v) is 15.0. The van der Waals surface area contributed by atoms with Gasteiger partial charge in [-0.15, -0.1) is 0 Å². The van der Waals surface area contributed by atoms with Gasteiger partial charge >= 0.3 is 0 Å². The van der Waals surface area contributed by atoms with Gasteiger partial charge in [-0.2, -0.15) is 0 Å². The molecule has 0 saturated carbocycles. The van der Waals surface area contributed by atoms with E-state index in [1.165, 1.54) is 17.7 Å². The van der Waals surface area contributed by atoms with Gasteiger partial charge in [0.05, 0.1) is 12.7 Å². The van der Waals surface area contributed by atoms with Crippen molar-refractivity contribution >= 4 is 17.3 Å². The maximum Gasteiger partial charge on any atom is 0.258 e. The van der Waals surface area contributed by atoms with Gasteiger partial charge in [-0.05, 0) is 60.5 Å². The van der Waals surface area contributed by atoms with Crippen LogP contribution in [0.25, 0.3) is 0 Å². The zero-order valence-electron chi connectivity index (χ0n) is 15.0. The van der Waals surface area contributed by atoms with Crippen molar-refractivity contribution in [2.45, 2.75) is 6.42 Å². The third-order valence-corrected chi connectivity index (χ3v) is 4.14. The van der Waals surface area contributed by atoms with E-state index >= 15 is 0 Å². The minimum absolute atomic E-state index is 0.0259. The Bertz CT molecular complexity index is 910. The second-order valence-corrected chi connectivity index (χ2v) is 6.04. The van der Waals surface area contributed by atoms with Crippen molar-refractivity contribution < 1.29 is 13.9 Å². The van der Waals surface area contributed by atoms with E-state index in [4.69, 9.17) is 4.74 Å². The van der Waals surface area contributed by atoms with Crippen LogP contribution in [0.1, 0.15) is 15.9 Å². The molecule has 0 heterocycles. The molecule has 2 N–H and O–H groups in total. The summed E-state index contributed by atoms with van der Waals surface area (Å²) in [5.74, 6) is -0.153. The fourth-order valence-corrected chi connectivity index (χ4v) is 2.69. The number of amides is 1. The second-order valence-electron chi connectivity index (χ2n) is 6.04. The Hall–Kier alpha value is -3.34. The van der Waals surface area contributed by atoms with E-state index in [9.17, 15) is 9.18 Å². The van der Waals surface area contributed by atoms with Gasteiger partial charge in [-0.25, -0.2) is 4.39 Å². The Morgan fingerprint density at radius 2 is 1.70 bits per heavy atom. The van der Waals surface area contributed by atoms with E-state index in [0.29, 0.717) is 5.69 Å². The lowest BCUT2D eigenvalue weighted by atomic mass is 10.1. The van der Waals surface area contributed by atoms with Crippen LogP contribution in [0.2, 0.25) is 0 Å². The lowest BCUT2D eigenvalue weighted by Gasteiger charge is -2.10. The highest BCUT2D eigenvalue weighted by molar-refractivity contribution is 6.04. The average molecular weight is 364 g/mol. The molecule has 3 rings (SSSR count). The summed E-state index contributed by atoms with van der Waals surface area (Å²) >= 11 is 0. The van der Waals surface area contributed by atoms with Gasteiger partial charge in [-0.1, -0.05) is 24.3 Å². The normalized spacial score (nSPS) is 10.3. The minimum Gasteiger partial charge on any atom is -0.497 e. The monoisotopic (exact) mass is 364 g/mol. The smallest absolute Gasteiger partial charge is 0.258 e. The standard InChI is InChI=1S/C22H21FN2O2/c1-27-19-6-4-5-16(15-19)13-14-24-17-9-11-18(12-10-17)25-22(26)20-7-2-3-8-21(20)23/h2-12,15,24H,13-14H2,1H3,(H,25,26). The molecule has 1 amide bonds. The van der Waals surface area contributed by atoms with Gasteiger partial charge in [0.25, 0.3) is 5.91 Å².